The molecule has 2 heterocycles. The fourth-order valence-corrected chi connectivity index (χ4v) is 2.23. The van der Waals surface area contributed by atoms with Gasteiger partial charge in [-0.25, -0.2) is 0 Å². The molecule has 4 nitrogen and oxygen atoms in total. The van der Waals surface area contributed by atoms with E-state index in [-0.39, 0.29) is 12.2 Å². The summed E-state index contributed by atoms with van der Waals surface area (Å²) in [6.07, 6.45) is 6.04. The molecule has 2 saturated heterocycles. The average Bonchev–Trinajstić information content (AvgIpc) is 3.17. The van der Waals surface area contributed by atoms with Crippen LogP contribution in [0, 0.1) is 0 Å². The molecule has 3 rings (SSSR count). The van der Waals surface area contributed by atoms with Crippen LogP contribution in [0.25, 0.3) is 0 Å². The Labute approximate surface area is 96.2 Å². The molecule has 3 aliphatic rings. The van der Waals surface area contributed by atoms with Gasteiger partial charge in [0, 0.05) is 0 Å². The van der Waals surface area contributed by atoms with Crippen molar-refractivity contribution < 1.29 is 18.9 Å². The first-order chi connectivity index (χ1) is 7.92. The Morgan fingerprint density at radius 1 is 0.812 bits per heavy atom. The summed E-state index contributed by atoms with van der Waals surface area (Å²) >= 11 is 0. The van der Waals surface area contributed by atoms with Gasteiger partial charge in [0.05, 0.1) is 38.6 Å². The van der Waals surface area contributed by atoms with E-state index in [1.807, 2.05) is 0 Å². The molecule has 0 spiro atoms. The zero-order valence-corrected chi connectivity index (χ0v) is 9.60. The molecule has 4 heteroatoms. The first kappa shape index (κ1) is 11.0. The third kappa shape index (κ3) is 3.17. The third-order valence-electron chi connectivity index (χ3n) is 3.44. The van der Waals surface area contributed by atoms with Gasteiger partial charge in [-0.05, 0) is 12.8 Å². The van der Waals surface area contributed by atoms with E-state index in [9.17, 15) is 0 Å². The molecule has 1 aliphatic carbocycles. The van der Waals surface area contributed by atoms with Gasteiger partial charge in [0.2, 0.25) is 0 Å². The summed E-state index contributed by atoms with van der Waals surface area (Å²) in [5, 5.41) is 0. The molecule has 0 aromatic rings. The summed E-state index contributed by atoms with van der Waals surface area (Å²) in [7, 11) is 0. The van der Waals surface area contributed by atoms with E-state index in [4.69, 9.17) is 18.9 Å². The minimum atomic E-state index is 0.275. The van der Waals surface area contributed by atoms with Crippen LogP contribution in [0.1, 0.15) is 25.7 Å². The Balaban J connectivity index is 1.42. The number of epoxide rings is 2. The fourth-order valence-electron chi connectivity index (χ4n) is 2.23. The van der Waals surface area contributed by atoms with Gasteiger partial charge in [-0.1, -0.05) is 12.8 Å². The lowest BCUT2D eigenvalue weighted by molar-refractivity contribution is -0.0968. The summed E-state index contributed by atoms with van der Waals surface area (Å²) in [5.74, 6) is 0. The summed E-state index contributed by atoms with van der Waals surface area (Å²) in [4.78, 5) is 0. The summed E-state index contributed by atoms with van der Waals surface area (Å²) < 4.78 is 22.1. The van der Waals surface area contributed by atoms with Crippen molar-refractivity contribution in [2.24, 2.45) is 0 Å². The molecule has 3 fully saturated rings. The van der Waals surface area contributed by atoms with Crippen molar-refractivity contribution in [1.82, 2.24) is 0 Å². The molecule has 0 amide bonds. The summed E-state index contributed by atoms with van der Waals surface area (Å²) in [5.41, 5.74) is 0. The normalized spacial score (nSPS) is 42.0. The van der Waals surface area contributed by atoms with Gasteiger partial charge in [-0.3, -0.25) is 0 Å². The van der Waals surface area contributed by atoms with Crippen LogP contribution in [0.2, 0.25) is 0 Å². The van der Waals surface area contributed by atoms with Crippen LogP contribution in [-0.4, -0.2) is 50.8 Å². The molecule has 0 N–H and O–H groups in total. The molecule has 0 radical (unpaired) electrons. The predicted molar refractivity (Wildman–Crippen MR) is 57.4 cm³/mol. The molecule has 4 atom stereocenters. The Morgan fingerprint density at radius 2 is 1.25 bits per heavy atom. The van der Waals surface area contributed by atoms with Crippen molar-refractivity contribution in [1.29, 1.82) is 0 Å². The summed E-state index contributed by atoms with van der Waals surface area (Å²) in [6, 6.07) is 0. The van der Waals surface area contributed by atoms with E-state index >= 15 is 0 Å². The van der Waals surface area contributed by atoms with Gasteiger partial charge < -0.3 is 18.9 Å². The van der Waals surface area contributed by atoms with E-state index in [1.165, 1.54) is 12.8 Å². The highest BCUT2D eigenvalue weighted by atomic mass is 16.6. The zero-order valence-electron chi connectivity index (χ0n) is 9.60. The molecule has 2 aliphatic heterocycles. The predicted octanol–water partition coefficient (Wildman–Crippen LogP) is 1.13. The van der Waals surface area contributed by atoms with Crippen LogP contribution in [0.3, 0.4) is 0 Å². The van der Waals surface area contributed by atoms with Crippen molar-refractivity contribution in [3.63, 3.8) is 0 Å². The van der Waals surface area contributed by atoms with Crippen LogP contribution in [0.5, 0.6) is 0 Å². The smallest absolute Gasteiger partial charge is 0.104 e. The van der Waals surface area contributed by atoms with Crippen LogP contribution in [0.4, 0.5) is 0 Å². The van der Waals surface area contributed by atoms with Crippen molar-refractivity contribution in [2.45, 2.75) is 50.1 Å². The number of rotatable bonds is 6. The first-order valence-corrected chi connectivity index (χ1v) is 6.38. The second-order valence-corrected chi connectivity index (χ2v) is 4.94. The maximum absolute atomic E-state index is 5.88. The number of hydrogen-bond donors (Lipinski definition) is 0. The van der Waals surface area contributed by atoms with Gasteiger partial charge in [0.1, 0.15) is 12.2 Å². The van der Waals surface area contributed by atoms with E-state index in [0.29, 0.717) is 12.2 Å². The van der Waals surface area contributed by atoms with Crippen molar-refractivity contribution in [3.8, 4) is 0 Å². The number of ether oxygens (including phenoxy) is 4. The molecule has 92 valence electrons. The van der Waals surface area contributed by atoms with Gasteiger partial charge in [0.25, 0.3) is 0 Å². The zero-order chi connectivity index (χ0) is 10.8. The standard InChI is InChI=1S/C12H20O4/c1-2-4-12(16-8-10-6-14-10)11(3-1)15-7-9-5-13-9/h9-12H,1-8H2/t9-,10+,11-,12-/m0/s1. The molecule has 0 bridgehead atoms. The average molecular weight is 228 g/mol. The van der Waals surface area contributed by atoms with E-state index in [2.05, 4.69) is 0 Å². The van der Waals surface area contributed by atoms with E-state index < -0.39 is 0 Å². The van der Waals surface area contributed by atoms with Crippen LogP contribution < -0.4 is 0 Å². The van der Waals surface area contributed by atoms with Crippen LogP contribution in [0.15, 0.2) is 0 Å². The van der Waals surface area contributed by atoms with Crippen molar-refractivity contribution >= 4 is 0 Å². The monoisotopic (exact) mass is 228 g/mol. The largest absolute Gasteiger partial charge is 0.373 e. The lowest BCUT2D eigenvalue weighted by Crippen LogP contribution is -2.36. The highest BCUT2D eigenvalue weighted by Gasteiger charge is 2.32. The topological polar surface area (TPSA) is 43.5 Å². The van der Waals surface area contributed by atoms with E-state index in [1.54, 1.807) is 0 Å². The maximum atomic E-state index is 5.88. The second kappa shape index (κ2) is 5.00. The second-order valence-electron chi connectivity index (χ2n) is 4.94. The van der Waals surface area contributed by atoms with Gasteiger partial charge in [-0.15, -0.1) is 0 Å². The molecule has 0 aromatic carbocycles. The lowest BCUT2D eigenvalue weighted by atomic mass is 9.94. The molecule has 0 aromatic heterocycles. The highest BCUT2D eigenvalue weighted by molar-refractivity contribution is 4.80. The molecular weight excluding hydrogens is 208 g/mol. The van der Waals surface area contributed by atoms with Crippen LogP contribution >= 0.6 is 0 Å². The Bertz CT molecular complexity index is 201. The Morgan fingerprint density at radius 3 is 1.62 bits per heavy atom. The van der Waals surface area contributed by atoms with Gasteiger partial charge >= 0.3 is 0 Å². The maximum Gasteiger partial charge on any atom is 0.104 e. The molecule has 16 heavy (non-hydrogen) atoms. The van der Waals surface area contributed by atoms with Crippen molar-refractivity contribution in [2.75, 3.05) is 26.4 Å². The van der Waals surface area contributed by atoms with Gasteiger partial charge in [0.15, 0.2) is 0 Å². The minimum absolute atomic E-state index is 0.275. The number of hydrogen-bond acceptors (Lipinski definition) is 4. The SMILES string of the molecule is C1CC[C@H](OC[C@@H]2CO2)[C@@H](OC[C@H]2CO2)C1. The van der Waals surface area contributed by atoms with Gasteiger partial charge in [-0.2, -0.15) is 0 Å². The lowest BCUT2D eigenvalue weighted by Gasteiger charge is -2.31. The fraction of sp³-hybridized carbons (Fsp3) is 1.00. The minimum Gasteiger partial charge on any atom is -0.373 e. The first-order valence-electron chi connectivity index (χ1n) is 6.38. The van der Waals surface area contributed by atoms with Crippen molar-refractivity contribution in [3.05, 3.63) is 0 Å². The Hall–Kier alpha value is -0.160. The highest BCUT2D eigenvalue weighted by Crippen LogP contribution is 2.26. The molecule has 0 unspecified atom stereocenters. The molecular formula is C12H20O4. The van der Waals surface area contributed by atoms with Crippen LogP contribution in [-0.2, 0) is 18.9 Å². The summed E-state index contributed by atoms with van der Waals surface area (Å²) in [6.45, 7) is 3.22. The Kier molecular flexibility index (Phi) is 3.43. The quantitative estimate of drug-likeness (QED) is 0.639. The van der Waals surface area contributed by atoms with E-state index in [0.717, 1.165) is 39.3 Å². The molecule has 1 saturated carbocycles. The third-order valence-corrected chi connectivity index (χ3v) is 3.44.